The highest BCUT2D eigenvalue weighted by atomic mass is 79.9. The van der Waals surface area contributed by atoms with Gasteiger partial charge in [-0.1, -0.05) is 27.6 Å². The summed E-state index contributed by atoms with van der Waals surface area (Å²) in [6.45, 7) is 2.80. The Balaban J connectivity index is 2.04. The van der Waals surface area contributed by atoms with E-state index >= 15 is 0 Å². The predicted molar refractivity (Wildman–Crippen MR) is 72.9 cm³/mol. The van der Waals surface area contributed by atoms with Crippen molar-refractivity contribution in [1.82, 2.24) is 5.32 Å². The first-order valence-corrected chi connectivity index (χ1v) is 6.41. The Morgan fingerprint density at radius 3 is 3.06 bits per heavy atom. The van der Waals surface area contributed by atoms with E-state index in [4.69, 9.17) is 5.26 Å². The molecule has 0 atom stereocenters. The first-order valence-electron chi connectivity index (χ1n) is 5.62. The predicted octanol–water partition coefficient (Wildman–Crippen LogP) is 2.65. The van der Waals surface area contributed by atoms with E-state index in [9.17, 15) is 0 Å². The zero-order valence-corrected chi connectivity index (χ0v) is 11.0. The van der Waals surface area contributed by atoms with Gasteiger partial charge in [0.05, 0.1) is 11.3 Å². The lowest BCUT2D eigenvalue weighted by atomic mass is 10.1. The van der Waals surface area contributed by atoms with E-state index in [0.717, 1.165) is 36.2 Å². The molecule has 1 aliphatic heterocycles. The molecule has 0 aliphatic carbocycles. The van der Waals surface area contributed by atoms with Gasteiger partial charge in [-0.3, -0.25) is 0 Å². The van der Waals surface area contributed by atoms with Gasteiger partial charge < -0.3 is 10.6 Å². The van der Waals surface area contributed by atoms with Gasteiger partial charge in [0.1, 0.15) is 6.07 Å². The zero-order valence-electron chi connectivity index (χ0n) is 9.46. The van der Waals surface area contributed by atoms with Crippen molar-refractivity contribution in [1.29, 1.82) is 5.26 Å². The van der Waals surface area contributed by atoms with Gasteiger partial charge >= 0.3 is 0 Å². The minimum absolute atomic E-state index is 0.675. The Morgan fingerprint density at radius 1 is 1.47 bits per heavy atom. The van der Waals surface area contributed by atoms with Crippen LogP contribution >= 0.6 is 15.9 Å². The van der Waals surface area contributed by atoms with Gasteiger partial charge in [0.2, 0.25) is 0 Å². The minimum Gasteiger partial charge on any atom is -0.380 e. The summed E-state index contributed by atoms with van der Waals surface area (Å²) in [7, 11) is 0. The molecule has 1 aliphatic rings. The number of nitriles is 1. The molecule has 2 rings (SSSR count). The fraction of sp³-hybridized carbons (Fsp3) is 0.308. The molecular formula is C13H14BrN3. The fourth-order valence-electron chi connectivity index (χ4n) is 1.80. The summed E-state index contributed by atoms with van der Waals surface area (Å²) in [5.41, 5.74) is 2.97. The first-order chi connectivity index (χ1) is 8.29. The second-order valence-electron chi connectivity index (χ2n) is 3.97. The number of hydrogen-bond acceptors (Lipinski definition) is 3. The standard InChI is InChI=1S/C13H14BrN3/c14-12-1-2-13(11(7-12)8-15)17-9-10-3-5-16-6-4-10/h1-3,7,16-17H,4-6,9H2. The number of rotatable bonds is 3. The van der Waals surface area contributed by atoms with Gasteiger partial charge in [-0.05, 0) is 31.2 Å². The third-order valence-corrected chi connectivity index (χ3v) is 3.26. The quantitative estimate of drug-likeness (QED) is 0.842. The molecule has 1 aromatic rings. The Labute approximate surface area is 110 Å². The van der Waals surface area contributed by atoms with E-state index in [1.54, 1.807) is 0 Å². The van der Waals surface area contributed by atoms with Crippen LogP contribution in [0, 0.1) is 11.3 Å². The van der Waals surface area contributed by atoms with Crippen molar-refractivity contribution in [3.05, 3.63) is 39.9 Å². The topological polar surface area (TPSA) is 47.9 Å². The number of nitrogens with zero attached hydrogens (tertiary/aromatic N) is 1. The number of benzene rings is 1. The Morgan fingerprint density at radius 2 is 2.35 bits per heavy atom. The summed E-state index contributed by atoms with van der Waals surface area (Å²) in [6.07, 6.45) is 3.28. The summed E-state index contributed by atoms with van der Waals surface area (Å²) in [5.74, 6) is 0. The van der Waals surface area contributed by atoms with Crippen molar-refractivity contribution in [2.75, 3.05) is 25.0 Å². The van der Waals surface area contributed by atoms with Crippen LogP contribution in [0.4, 0.5) is 5.69 Å². The van der Waals surface area contributed by atoms with Crippen molar-refractivity contribution >= 4 is 21.6 Å². The highest BCUT2D eigenvalue weighted by molar-refractivity contribution is 9.10. The van der Waals surface area contributed by atoms with Crippen LogP contribution in [0.1, 0.15) is 12.0 Å². The van der Waals surface area contributed by atoms with Crippen LogP contribution < -0.4 is 10.6 Å². The average Bonchev–Trinajstić information content (AvgIpc) is 2.38. The molecule has 0 amide bonds. The lowest BCUT2D eigenvalue weighted by Crippen LogP contribution is -2.23. The normalized spacial score (nSPS) is 14.9. The van der Waals surface area contributed by atoms with E-state index < -0.39 is 0 Å². The second kappa shape index (κ2) is 5.85. The molecule has 0 unspecified atom stereocenters. The Bertz CT molecular complexity index is 474. The SMILES string of the molecule is N#Cc1cc(Br)ccc1NCC1=CCNCC1. The van der Waals surface area contributed by atoms with Crippen molar-refractivity contribution in [3.8, 4) is 6.07 Å². The maximum absolute atomic E-state index is 9.04. The maximum atomic E-state index is 9.04. The zero-order chi connectivity index (χ0) is 12.1. The monoisotopic (exact) mass is 291 g/mol. The maximum Gasteiger partial charge on any atom is 0.101 e. The summed E-state index contributed by atoms with van der Waals surface area (Å²) >= 11 is 3.37. The van der Waals surface area contributed by atoms with Gasteiger partial charge in [-0.2, -0.15) is 5.26 Å². The molecule has 0 saturated carbocycles. The summed E-state index contributed by atoms with van der Waals surface area (Å²) < 4.78 is 0.931. The van der Waals surface area contributed by atoms with Crippen molar-refractivity contribution in [2.45, 2.75) is 6.42 Å². The van der Waals surface area contributed by atoms with Gasteiger partial charge in [0.25, 0.3) is 0 Å². The molecule has 0 fully saturated rings. The molecule has 0 radical (unpaired) electrons. The van der Waals surface area contributed by atoms with Gasteiger partial charge in [-0.25, -0.2) is 0 Å². The molecular weight excluding hydrogens is 278 g/mol. The molecule has 0 aromatic heterocycles. The van der Waals surface area contributed by atoms with E-state index in [2.05, 4.69) is 38.7 Å². The van der Waals surface area contributed by atoms with Gasteiger partial charge in [0.15, 0.2) is 0 Å². The van der Waals surface area contributed by atoms with Gasteiger partial charge in [0, 0.05) is 17.6 Å². The smallest absolute Gasteiger partial charge is 0.101 e. The molecule has 2 N–H and O–H groups in total. The van der Waals surface area contributed by atoms with Crippen molar-refractivity contribution in [3.63, 3.8) is 0 Å². The third-order valence-electron chi connectivity index (χ3n) is 2.77. The molecule has 88 valence electrons. The molecule has 0 bridgehead atoms. The van der Waals surface area contributed by atoms with E-state index in [1.807, 2.05) is 18.2 Å². The number of halogens is 1. The number of anilines is 1. The number of hydrogen-bond donors (Lipinski definition) is 2. The Kier molecular flexibility index (Phi) is 4.18. The molecule has 1 aromatic carbocycles. The minimum atomic E-state index is 0.675. The van der Waals surface area contributed by atoms with E-state index in [0.29, 0.717) is 5.56 Å². The van der Waals surface area contributed by atoms with Crippen LogP contribution in [-0.2, 0) is 0 Å². The Hall–Kier alpha value is -1.31. The summed E-state index contributed by atoms with van der Waals surface area (Å²) in [5, 5.41) is 15.6. The van der Waals surface area contributed by atoms with Gasteiger partial charge in [-0.15, -0.1) is 0 Å². The van der Waals surface area contributed by atoms with Crippen LogP contribution in [0.25, 0.3) is 0 Å². The highest BCUT2D eigenvalue weighted by Crippen LogP contribution is 2.20. The molecule has 17 heavy (non-hydrogen) atoms. The third kappa shape index (κ3) is 3.32. The van der Waals surface area contributed by atoms with Crippen LogP contribution in [-0.4, -0.2) is 19.6 Å². The van der Waals surface area contributed by atoms with Crippen LogP contribution in [0.5, 0.6) is 0 Å². The highest BCUT2D eigenvalue weighted by Gasteiger charge is 2.05. The lowest BCUT2D eigenvalue weighted by Gasteiger charge is -2.15. The molecule has 3 nitrogen and oxygen atoms in total. The first kappa shape index (κ1) is 12.2. The molecule has 1 heterocycles. The average molecular weight is 292 g/mol. The second-order valence-corrected chi connectivity index (χ2v) is 4.89. The van der Waals surface area contributed by atoms with Crippen molar-refractivity contribution < 1.29 is 0 Å². The number of nitrogens with one attached hydrogen (secondary N) is 2. The summed E-state index contributed by atoms with van der Waals surface area (Å²) in [4.78, 5) is 0. The van der Waals surface area contributed by atoms with Crippen LogP contribution in [0.2, 0.25) is 0 Å². The van der Waals surface area contributed by atoms with Crippen LogP contribution in [0.3, 0.4) is 0 Å². The molecule has 0 saturated heterocycles. The summed E-state index contributed by atoms with van der Waals surface area (Å²) in [6, 6.07) is 7.91. The molecule has 4 heteroatoms. The van der Waals surface area contributed by atoms with Crippen molar-refractivity contribution in [2.24, 2.45) is 0 Å². The van der Waals surface area contributed by atoms with E-state index in [-0.39, 0.29) is 0 Å². The largest absolute Gasteiger partial charge is 0.380 e. The van der Waals surface area contributed by atoms with Crippen LogP contribution in [0.15, 0.2) is 34.3 Å². The molecule has 0 spiro atoms. The van der Waals surface area contributed by atoms with E-state index in [1.165, 1.54) is 5.57 Å². The fourth-order valence-corrected chi connectivity index (χ4v) is 2.16. The lowest BCUT2D eigenvalue weighted by molar-refractivity contribution is 0.698.